The first-order valence-electron chi connectivity index (χ1n) is 10.0. The van der Waals surface area contributed by atoms with Crippen LogP contribution in [0.4, 0.5) is 10.5 Å². The number of fused-ring (bicyclic) bond motifs is 1. The maximum Gasteiger partial charge on any atom is 0.321 e. The molecule has 6 nitrogen and oxygen atoms in total. The van der Waals surface area contributed by atoms with E-state index < -0.39 is 0 Å². The van der Waals surface area contributed by atoms with Crippen molar-refractivity contribution in [2.75, 3.05) is 25.0 Å². The summed E-state index contributed by atoms with van der Waals surface area (Å²) in [7, 11) is 0. The molecule has 1 aliphatic rings. The van der Waals surface area contributed by atoms with E-state index in [4.69, 9.17) is 9.47 Å². The number of ether oxygens (including phenoxy) is 2. The van der Waals surface area contributed by atoms with Crippen LogP contribution in [-0.2, 0) is 0 Å². The summed E-state index contributed by atoms with van der Waals surface area (Å²) < 4.78 is 11.6. The average Bonchev–Trinajstić information content (AvgIpc) is 2.76. The summed E-state index contributed by atoms with van der Waals surface area (Å²) >= 11 is 0. The largest absolute Gasteiger partial charge is 0.494 e. The Morgan fingerprint density at radius 2 is 1.86 bits per heavy atom. The second kappa shape index (κ2) is 8.82. The minimum atomic E-state index is -0.0839. The summed E-state index contributed by atoms with van der Waals surface area (Å²) in [5.74, 6) is 1.60. The smallest absolute Gasteiger partial charge is 0.321 e. The normalized spacial score (nSPS) is 14.6. The summed E-state index contributed by atoms with van der Waals surface area (Å²) in [6.07, 6.45) is 3.44. The molecular weight excluding hydrogens is 366 g/mol. The third-order valence-corrected chi connectivity index (χ3v) is 5.04. The van der Waals surface area contributed by atoms with Crippen molar-refractivity contribution >= 4 is 22.6 Å². The van der Waals surface area contributed by atoms with Gasteiger partial charge >= 0.3 is 6.03 Å². The van der Waals surface area contributed by atoms with Crippen LogP contribution < -0.4 is 14.8 Å². The number of urea groups is 1. The molecule has 2 aromatic carbocycles. The van der Waals surface area contributed by atoms with Gasteiger partial charge in [0.25, 0.3) is 0 Å². The van der Waals surface area contributed by atoms with Gasteiger partial charge in [-0.2, -0.15) is 0 Å². The van der Waals surface area contributed by atoms with Gasteiger partial charge in [-0.1, -0.05) is 18.2 Å². The number of pyridine rings is 1. The molecule has 4 rings (SSSR count). The van der Waals surface area contributed by atoms with E-state index >= 15 is 0 Å². The number of nitrogens with zero attached hydrogens (tertiary/aromatic N) is 2. The molecule has 0 radical (unpaired) electrons. The van der Waals surface area contributed by atoms with Crippen molar-refractivity contribution in [3.05, 3.63) is 60.8 Å². The first kappa shape index (κ1) is 19.1. The molecule has 1 saturated heterocycles. The van der Waals surface area contributed by atoms with Gasteiger partial charge in [-0.25, -0.2) is 4.79 Å². The van der Waals surface area contributed by atoms with E-state index in [1.165, 1.54) is 0 Å². The molecule has 1 aliphatic heterocycles. The maximum absolute atomic E-state index is 12.6. The topological polar surface area (TPSA) is 63.7 Å². The lowest BCUT2D eigenvalue weighted by molar-refractivity contribution is 0.116. The summed E-state index contributed by atoms with van der Waals surface area (Å²) in [6, 6.07) is 17.3. The number of benzene rings is 2. The minimum Gasteiger partial charge on any atom is -0.494 e. The molecule has 1 N–H and O–H groups in total. The second-order valence-electron chi connectivity index (χ2n) is 7.02. The number of hydrogen-bond donors (Lipinski definition) is 1. The standard InChI is InChI=1S/C23H25N3O3/c1-2-28-19-10-8-18(9-11-19)25-23(27)26-15-12-20(13-16-26)29-21-7-3-5-17-6-4-14-24-22(17)21/h3-11,14,20H,2,12-13,15-16H2,1H3,(H,25,27). The number of likely N-dealkylation sites (tertiary alicyclic amines) is 1. The van der Waals surface area contributed by atoms with Crippen molar-refractivity contribution in [2.45, 2.75) is 25.9 Å². The molecule has 6 heteroatoms. The van der Waals surface area contributed by atoms with Crippen LogP contribution in [0.5, 0.6) is 11.5 Å². The second-order valence-corrected chi connectivity index (χ2v) is 7.02. The number of piperidine rings is 1. The van der Waals surface area contributed by atoms with Crippen LogP contribution in [0.25, 0.3) is 10.9 Å². The lowest BCUT2D eigenvalue weighted by atomic mass is 10.1. The van der Waals surface area contributed by atoms with Gasteiger partial charge in [0.1, 0.15) is 23.1 Å². The number of para-hydroxylation sites is 1. The first-order valence-corrected chi connectivity index (χ1v) is 10.0. The van der Waals surface area contributed by atoms with Crippen molar-refractivity contribution in [3.8, 4) is 11.5 Å². The molecule has 1 aromatic heterocycles. The average molecular weight is 391 g/mol. The van der Waals surface area contributed by atoms with Crippen molar-refractivity contribution in [2.24, 2.45) is 0 Å². The molecule has 29 heavy (non-hydrogen) atoms. The Labute approximate surface area is 170 Å². The van der Waals surface area contributed by atoms with E-state index in [1.807, 2.05) is 66.4 Å². The van der Waals surface area contributed by atoms with E-state index in [9.17, 15) is 4.79 Å². The van der Waals surface area contributed by atoms with Gasteiger partial charge in [0, 0.05) is 43.2 Å². The Balaban J connectivity index is 1.31. The van der Waals surface area contributed by atoms with Crippen molar-refractivity contribution in [1.29, 1.82) is 0 Å². The third-order valence-electron chi connectivity index (χ3n) is 5.04. The number of anilines is 1. The van der Waals surface area contributed by atoms with Crippen LogP contribution in [0, 0.1) is 0 Å². The van der Waals surface area contributed by atoms with Crippen LogP contribution in [-0.4, -0.2) is 41.7 Å². The highest BCUT2D eigenvalue weighted by molar-refractivity contribution is 5.89. The van der Waals surface area contributed by atoms with E-state index in [2.05, 4.69) is 10.3 Å². The lowest BCUT2D eigenvalue weighted by Gasteiger charge is -2.32. The van der Waals surface area contributed by atoms with Crippen molar-refractivity contribution in [1.82, 2.24) is 9.88 Å². The highest BCUT2D eigenvalue weighted by Gasteiger charge is 2.24. The predicted octanol–water partition coefficient (Wildman–Crippen LogP) is 4.71. The minimum absolute atomic E-state index is 0.0807. The Morgan fingerprint density at radius 1 is 1.10 bits per heavy atom. The number of amides is 2. The summed E-state index contributed by atoms with van der Waals surface area (Å²) in [5.41, 5.74) is 1.64. The van der Waals surface area contributed by atoms with E-state index in [0.717, 1.165) is 40.9 Å². The fourth-order valence-electron chi connectivity index (χ4n) is 3.53. The summed E-state index contributed by atoms with van der Waals surface area (Å²) in [4.78, 5) is 18.8. The summed E-state index contributed by atoms with van der Waals surface area (Å²) in [5, 5.41) is 4.02. The molecule has 3 aromatic rings. The highest BCUT2D eigenvalue weighted by atomic mass is 16.5. The van der Waals surface area contributed by atoms with Gasteiger partial charge in [0.05, 0.1) is 6.61 Å². The molecule has 0 aliphatic carbocycles. The quantitative estimate of drug-likeness (QED) is 0.684. The van der Waals surface area contributed by atoms with Crippen LogP contribution in [0.1, 0.15) is 19.8 Å². The Hall–Kier alpha value is -3.28. The van der Waals surface area contributed by atoms with Gasteiger partial charge in [-0.15, -0.1) is 0 Å². The fourth-order valence-corrected chi connectivity index (χ4v) is 3.53. The van der Waals surface area contributed by atoms with E-state index in [-0.39, 0.29) is 12.1 Å². The number of aromatic nitrogens is 1. The SMILES string of the molecule is CCOc1ccc(NC(=O)N2CCC(Oc3cccc4cccnc34)CC2)cc1. The molecule has 0 unspecified atom stereocenters. The van der Waals surface area contributed by atoms with E-state index in [0.29, 0.717) is 19.7 Å². The first-order chi connectivity index (χ1) is 14.2. The molecule has 0 saturated carbocycles. The van der Waals surface area contributed by atoms with Crippen molar-refractivity contribution < 1.29 is 14.3 Å². The maximum atomic E-state index is 12.6. The molecule has 0 spiro atoms. The number of hydrogen-bond acceptors (Lipinski definition) is 4. The fraction of sp³-hybridized carbons (Fsp3) is 0.304. The molecular formula is C23H25N3O3. The predicted molar refractivity (Wildman–Crippen MR) is 114 cm³/mol. The number of nitrogens with one attached hydrogen (secondary N) is 1. The molecule has 1 fully saturated rings. The van der Waals surface area contributed by atoms with Gasteiger partial charge in [0.2, 0.25) is 0 Å². The van der Waals surface area contributed by atoms with Crippen LogP contribution in [0.2, 0.25) is 0 Å². The van der Waals surface area contributed by atoms with Crippen molar-refractivity contribution in [3.63, 3.8) is 0 Å². The highest BCUT2D eigenvalue weighted by Crippen LogP contribution is 2.26. The molecule has 2 heterocycles. The van der Waals surface area contributed by atoms with E-state index in [1.54, 1.807) is 6.20 Å². The third kappa shape index (κ3) is 4.59. The monoisotopic (exact) mass is 391 g/mol. The van der Waals surface area contributed by atoms with Crippen LogP contribution in [0.3, 0.4) is 0 Å². The zero-order valence-corrected chi connectivity index (χ0v) is 16.5. The number of rotatable bonds is 5. The van der Waals surface area contributed by atoms with Gasteiger partial charge in [0.15, 0.2) is 0 Å². The Morgan fingerprint density at radius 3 is 2.62 bits per heavy atom. The molecule has 2 amide bonds. The van der Waals surface area contributed by atoms with Crippen LogP contribution >= 0.6 is 0 Å². The zero-order chi connectivity index (χ0) is 20.1. The van der Waals surface area contributed by atoms with Gasteiger partial charge in [-0.3, -0.25) is 4.98 Å². The molecule has 0 bridgehead atoms. The number of carbonyl (C=O) groups excluding carboxylic acids is 1. The summed E-state index contributed by atoms with van der Waals surface area (Å²) in [6.45, 7) is 3.88. The van der Waals surface area contributed by atoms with Gasteiger partial charge in [-0.05, 0) is 43.3 Å². The lowest BCUT2D eigenvalue weighted by Crippen LogP contribution is -2.43. The zero-order valence-electron chi connectivity index (χ0n) is 16.5. The molecule has 0 atom stereocenters. The van der Waals surface area contributed by atoms with Crippen LogP contribution in [0.15, 0.2) is 60.8 Å². The van der Waals surface area contributed by atoms with Gasteiger partial charge < -0.3 is 19.7 Å². The Bertz CT molecular complexity index is 961. The number of carbonyl (C=O) groups is 1. The Kier molecular flexibility index (Phi) is 5.79. The molecule has 150 valence electrons.